The van der Waals surface area contributed by atoms with Gasteiger partial charge in [0.1, 0.15) is 0 Å². The second kappa shape index (κ2) is 7.37. The monoisotopic (exact) mass is 210 g/mol. The summed E-state index contributed by atoms with van der Waals surface area (Å²) in [5.41, 5.74) is 0. The zero-order chi connectivity index (χ0) is 9.40. The van der Waals surface area contributed by atoms with Crippen LogP contribution >= 0.6 is 21.0 Å². The fourth-order valence-electron chi connectivity index (χ4n) is 0.362. The van der Waals surface area contributed by atoms with Gasteiger partial charge in [-0.05, 0) is 11.8 Å². The Labute approximate surface area is 77.6 Å². The molecule has 0 aliphatic heterocycles. The molecule has 0 aromatic rings. The molecule has 0 saturated carbocycles. The zero-order valence-corrected chi connectivity index (χ0v) is 8.71. The van der Waals surface area contributed by atoms with Gasteiger partial charge in [0, 0.05) is 5.75 Å². The normalized spacial score (nSPS) is 9.17. The van der Waals surface area contributed by atoms with E-state index in [-0.39, 0.29) is 13.0 Å². The van der Waals surface area contributed by atoms with Crippen LogP contribution in [0.4, 0.5) is 4.79 Å². The highest BCUT2D eigenvalue weighted by Crippen LogP contribution is 2.03. The molecule has 0 N–H and O–H groups in total. The van der Waals surface area contributed by atoms with Gasteiger partial charge < -0.3 is 9.47 Å². The Morgan fingerprint density at radius 1 is 1.42 bits per heavy atom. The maximum atomic E-state index is 10.7. The SMILES string of the molecule is CCSC(=O)OCOC(=O)CP. The van der Waals surface area contributed by atoms with Crippen LogP contribution in [-0.4, -0.2) is 30.0 Å². The van der Waals surface area contributed by atoms with Crippen LogP contribution in [0.5, 0.6) is 0 Å². The Hall–Kier alpha value is -0.280. The molecule has 0 radical (unpaired) electrons. The third-order valence-electron chi connectivity index (χ3n) is 0.826. The molecule has 12 heavy (non-hydrogen) atoms. The summed E-state index contributed by atoms with van der Waals surface area (Å²) >= 11 is 1.03. The van der Waals surface area contributed by atoms with Crippen molar-refractivity contribution in [3.63, 3.8) is 0 Å². The van der Waals surface area contributed by atoms with Gasteiger partial charge in [-0.1, -0.05) is 6.92 Å². The van der Waals surface area contributed by atoms with Gasteiger partial charge in [-0.3, -0.25) is 4.79 Å². The first-order chi connectivity index (χ1) is 5.70. The Morgan fingerprint density at radius 3 is 2.58 bits per heavy atom. The Balaban J connectivity index is 3.30. The molecular formula is C6H11O4PS. The lowest BCUT2D eigenvalue weighted by Gasteiger charge is -2.03. The highest BCUT2D eigenvalue weighted by molar-refractivity contribution is 8.13. The Kier molecular flexibility index (Phi) is 7.20. The predicted molar refractivity (Wildman–Crippen MR) is 50.1 cm³/mol. The van der Waals surface area contributed by atoms with Crippen molar-refractivity contribution in [3.05, 3.63) is 0 Å². The Morgan fingerprint density at radius 2 is 2.08 bits per heavy atom. The van der Waals surface area contributed by atoms with Crippen molar-refractivity contribution < 1.29 is 19.1 Å². The first-order valence-electron chi connectivity index (χ1n) is 3.36. The van der Waals surface area contributed by atoms with Crippen LogP contribution in [-0.2, 0) is 14.3 Å². The topological polar surface area (TPSA) is 52.6 Å². The van der Waals surface area contributed by atoms with Gasteiger partial charge in [-0.15, -0.1) is 9.24 Å². The quantitative estimate of drug-likeness (QED) is 0.397. The third-order valence-corrected chi connectivity index (χ3v) is 1.80. The van der Waals surface area contributed by atoms with Crippen molar-refractivity contribution in [2.24, 2.45) is 0 Å². The minimum absolute atomic E-state index is 0.207. The van der Waals surface area contributed by atoms with Gasteiger partial charge in [-0.25, -0.2) is 4.79 Å². The van der Waals surface area contributed by atoms with Crippen LogP contribution in [0.25, 0.3) is 0 Å². The number of carbonyl (C=O) groups excluding carboxylic acids is 2. The number of hydrogen-bond donors (Lipinski definition) is 0. The van der Waals surface area contributed by atoms with Gasteiger partial charge in [-0.2, -0.15) is 0 Å². The van der Waals surface area contributed by atoms with Crippen LogP contribution in [0.3, 0.4) is 0 Å². The number of esters is 1. The fraction of sp³-hybridized carbons (Fsp3) is 0.667. The maximum absolute atomic E-state index is 10.7. The summed E-state index contributed by atoms with van der Waals surface area (Å²) in [6, 6.07) is 0. The molecule has 0 aromatic heterocycles. The lowest BCUT2D eigenvalue weighted by molar-refractivity contribution is -0.147. The number of ether oxygens (including phenoxy) is 2. The fourth-order valence-corrected chi connectivity index (χ4v) is 0.847. The predicted octanol–water partition coefficient (Wildman–Crippen LogP) is 1.25. The lowest BCUT2D eigenvalue weighted by atomic mass is 10.8. The summed E-state index contributed by atoms with van der Waals surface area (Å²) in [6.45, 7) is 1.54. The minimum Gasteiger partial charge on any atom is -0.428 e. The van der Waals surface area contributed by atoms with Gasteiger partial charge in [0.2, 0.25) is 6.79 Å². The van der Waals surface area contributed by atoms with Crippen LogP contribution < -0.4 is 0 Å². The molecule has 0 aromatic carbocycles. The summed E-state index contributed by atoms with van der Waals surface area (Å²) in [5.74, 6) is 0.241. The van der Waals surface area contributed by atoms with Crippen molar-refractivity contribution in [1.29, 1.82) is 0 Å². The van der Waals surface area contributed by atoms with Crippen molar-refractivity contribution >= 4 is 32.3 Å². The molecule has 0 aliphatic carbocycles. The lowest BCUT2D eigenvalue weighted by Crippen LogP contribution is -2.10. The van der Waals surface area contributed by atoms with Crippen LogP contribution in [0.1, 0.15) is 6.92 Å². The smallest absolute Gasteiger partial charge is 0.370 e. The van der Waals surface area contributed by atoms with E-state index in [0.29, 0.717) is 5.75 Å². The molecular weight excluding hydrogens is 199 g/mol. The molecule has 1 atom stereocenters. The van der Waals surface area contributed by atoms with E-state index in [9.17, 15) is 9.59 Å². The van der Waals surface area contributed by atoms with Crippen LogP contribution in [0.2, 0.25) is 0 Å². The van der Waals surface area contributed by atoms with Gasteiger partial charge in [0.15, 0.2) is 0 Å². The summed E-state index contributed by atoms with van der Waals surface area (Å²) in [7, 11) is 2.21. The first-order valence-corrected chi connectivity index (χ1v) is 5.16. The molecule has 0 amide bonds. The van der Waals surface area contributed by atoms with Crippen molar-refractivity contribution in [1.82, 2.24) is 0 Å². The largest absolute Gasteiger partial charge is 0.428 e. The maximum Gasteiger partial charge on any atom is 0.370 e. The molecule has 0 saturated heterocycles. The van der Waals surface area contributed by atoms with E-state index in [1.54, 1.807) is 0 Å². The van der Waals surface area contributed by atoms with Gasteiger partial charge >= 0.3 is 11.3 Å². The second-order valence-electron chi connectivity index (χ2n) is 1.67. The molecule has 4 nitrogen and oxygen atoms in total. The highest BCUT2D eigenvalue weighted by Gasteiger charge is 2.02. The standard InChI is InChI=1S/C6H11O4PS/c1-2-12-6(8)10-4-9-5(7)3-11/h2-4,11H2,1H3. The van der Waals surface area contributed by atoms with E-state index in [1.807, 2.05) is 6.92 Å². The van der Waals surface area contributed by atoms with Gasteiger partial charge in [0.25, 0.3) is 0 Å². The second-order valence-corrected chi connectivity index (χ2v) is 3.27. The molecule has 0 bridgehead atoms. The number of thioether (sulfide) groups is 1. The molecule has 1 unspecified atom stereocenters. The molecule has 70 valence electrons. The molecule has 6 heteroatoms. The van der Waals surface area contributed by atoms with Crippen LogP contribution in [0.15, 0.2) is 0 Å². The summed E-state index contributed by atoms with van der Waals surface area (Å²) in [5, 5.41) is -0.422. The average molecular weight is 210 g/mol. The van der Waals surface area contributed by atoms with E-state index in [2.05, 4.69) is 18.7 Å². The first kappa shape index (κ1) is 11.7. The van der Waals surface area contributed by atoms with E-state index in [0.717, 1.165) is 11.8 Å². The minimum atomic E-state index is -0.422. The van der Waals surface area contributed by atoms with Crippen LogP contribution in [0, 0.1) is 0 Å². The molecule has 0 heterocycles. The summed E-state index contributed by atoms with van der Waals surface area (Å²) < 4.78 is 9.02. The highest BCUT2D eigenvalue weighted by atomic mass is 32.2. The van der Waals surface area contributed by atoms with Gasteiger partial charge in [0.05, 0.1) is 6.16 Å². The van der Waals surface area contributed by atoms with Crippen molar-refractivity contribution in [2.75, 3.05) is 18.7 Å². The zero-order valence-electron chi connectivity index (χ0n) is 6.74. The molecule has 0 spiro atoms. The third kappa shape index (κ3) is 6.43. The van der Waals surface area contributed by atoms with Crippen molar-refractivity contribution in [3.8, 4) is 0 Å². The Bertz CT molecular complexity index is 162. The van der Waals surface area contributed by atoms with E-state index in [1.165, 1.54) is 0 Å². The summed E-state index contributed by atoms with van der Waals surface area (Å²) in [4.78, 5) is 21.2. The molecule has 0 fully saturated rings. The van der Waals surface area contributed by atoms with E-state index >= 15 is 0 Å². The number of hydrogen-bond acceptors (Lipinski definition) is 5. The van der Waals surface area contributed by atoms with E-state index < -0.39 is 11.3 Å². The average Bonchev–Trinajstić information content (AvgIpc) is 2.04. The summed E-state index contributed by atoms with van der Waals surface area (Å²) in [6.07, 6.45) is 0.207. The molecule has 0 rings (SSSR count). The number of rotatable bonds is 4. The van der Waals surface area contributed by atoms with E-state index in [4.69, 9.17) is 0 Å². The molecule has 0 aliphatic rings. The number of carbonyl (C=O) groups is 2. The van der Waals surface area contributed by atoms with Crippen molar-refractivity contribution in [2.45, 2.75) is 6.92 Å².